The van der Waals surface area contributed by atoms with Gasteiger partial charge in [-0.2, -0.15) is 0 Å². The highest BCUT2D eigenvalue weighted by atomic mass is 32.2. The van der Waals surface area contributed by atoms with E-state index in [1.807, 2.05) is 0 Å². The standard InChI is InChI=1S/C11H11N3O5S/c12-20(17,18)8-1-2-10(9(5-8)11(15)16)13-6-7-3-4-19-14-7/h1-5,13H,6H2,(H,15,16)(H2,12,17,18). The van der Waals surface area contributed by atoms with E-state index in [0.717, 1.165) is 6.07 Å². The Morgan fingerprint density at radius 3 is 2.70 bits per heavy atom. The minimum absolute atomic E-state index is 0.194. The number of carboxylic acids is 1. The third-order valence-electron chi connectivity index (χ3n) is 2.50. The summed E-state index contributed by atoms with van der Waals surface area (Å²) < 4.78 is 27.1. The number of sulfonamides is 1. The first-order valence-corrected chi connectivity index (χ1v) is 6.96. The summed E-state index contributed by atoms with van der Waals surface area (Å²) in [6.45, 7) is 0.242. The second-order valence-electron chi connectivity index (χ2n) is 3.90. The summed E-state index contributed by atoms with van der Waals surface area (Å²) in [6, 6.07) is 5.19. The van der Waals surface area contributed by atoms with Gasteiger partial charge in [-0.1, -0.05) is 5.16 Å². The molecule has 1 aromatic heterocycles. The zero-order chi connectivity index (χ0) is 14.8. The van der Waals surface area contributed by atoms with Gasteiger partial charge in [0, 0.05) is 11.8 Å². The minimum Gasteiger partial charge on any atom is -0.478 e. The Bertz CT molecular complexity index is 725. The molecular formula is C11H11N3O5S. The number of aromatic nitrogens is 1. The molecule has 2 aromatic rings. The first kappa shape index (κ1) is 14.0. The van der Waals surface area contributed by atoms with E-state index in [2.05, 4.69) is 15.0 Å². The van der Waals surface area contributed by atoms with Crippen molar-refractivity contribution in [1.29, 1.82) is 0 Å². The predicted octanol–water partition coefficient (Wildman–Crippen LogP) is 0.632. The Balaban J connectivity index is 2.31. The Morgan fingerprint density at radius 2 is 2.15 bits per heavy atom. The van der Waals surface area contributed by atoms with Gasteiger partial charge < -0.3 is 14.9 Å². The summed E-state index contributed by atoms with van der Waals surface area (Å²) in [7, 11) is -3.95. The van der Waals surface area contributed by atoms with Crippen molar-refractivity contribution in [2.24, 2.45) is 5.14 Å². The fourth-order valence-corrected chi connectivity index (χ4v) is 2.09. The number of rotatable bonds is 5. The number of benzene rings is 1. The molecule has 0 radical (unpaired) electrons. The van der Waals surface area contributed by atoms with Crippen LogP contribution in [0.4, 0.5) is 5.69 Å². The number of carbonyl (C=O) groups is 1. The van der Waals surface area contributed by atoms with Crippen LogP contribution in [0.1, 0.15) is 16.1 Å². The van der Waals surface area contributed by atoms with Crippen LogP contribution in [0, 0.1) is 0 Å². The Labute approximate surface area is 114 Å². The number of hydrogen-bond acceptors (Lipinski definition) is 6. The molecule has 20 heavy (non-hydrogen) atoms. The van der Waals surface area contributed by atoms with Gasteiger partial charge >= 0.3 is 5.97 Å². The van der Waals surface area contributed by atoms with Crippen molar-refractivity contribution in [2.45, 2.75) is 11.4 Å². The van der Waals surface area contributed by atoms with Gasteiger partial charge in [-0.05, 0) is 18.2 Å². The molecule has 0 aliphatic rings. The van der Waals surface area contributed by atoms with Crippen LogP contribution >= 0.6 is 0 Å². The number of carboxylic acid groups (broad SMARTS) is 1. The Morgan fingerprint density at radius 1 is 1.40 bits per heavy atom. The molecule has 9 heteroatoms. The molecule has 0 saturated heterocycles. The van der Waals surface area contributed by atoms with Crippen molar-refractivity contribution in [3.8, 4) is 0 Å². The van der Waals surface area contributed by atoms with Crippen molar-refractivity contribution in [2.75, 3.05) is 5.32 Å². The van der Waals surface area contributed by atoms with Gasteiger partial charge in [0.2, 0.25) is 10.0 Å². The number of nitrogens with zero attached hydrogens (tertiary/aromatic N) is 1. The third-order valence-corrected chi connectivity index (χ3v) is 3.41. The highest BCUT2D eigenvalue weighted by Gasteiger charge is 2.16. The topological polar surface area (TPSA) is 136 Å². The highest BCUT2D eigenvalue weighted by molar-refractivity contribution is 7.89. The minimum atomic E-state index is -3.95. The molecule has 0 fully saturated rings. The lowest BCUT2D eigenvalue weighted by molar-refractivity contribution is 0.0697. The Kier molecular flexibility index (Phi) is 3.72. The van der Waals surface area contributed by atoms with E-state index >= 15 is 0 Å². The average molecular weight is 297 g/mol. The third kappa shape index (κ3) is 3.13. The van der Waals surface area contributed by atoms with Crippen molar-refractivity contribution >= 4 is 21.7 Å². The first-order chi connectivity index (χ1) is 9.38. The van der Waals surface area contributed by atoms with Crippen molar-refractivity contribution < 1.29 is 22.8 Å². The highest BCUT2D eigenvalue weighted by Crippen LogP contribution is 2.20. The van der Waals surface area contributed by atoms with Gasteiger partial charge in [-0.15, -0.1) is 0 Å². The molecule has 8 nitrogen and oxygen atoms in total. The Hall–Kier alpha value is -2.39. The SMILES string of the molecule is NS(=O)(=O)c1ccc(NCc2ccon2)c(C(=O)O)c1. The zero-order valence-electron chi connectivity index (χ0n) is 10.1. The lowest BCUT2D eigenvalue weighted by atomic mass is 10.2. The summed E-state index contributed by atoms with van der Waals surface area (Å²) in [5, 5.41) is 20.6. The summed E-state index contributed by atoms with van der Waals surface area (Å²) in [4.78, 5) is 10.9. The molecule has 1 aromatic carbocycles. The number of nitrogens with two attached hydrogens (primary N) is 1. The molecule has 0 spiro atoms. The molecule has 1 heterocycles. The molecule has 0 saturated carbocycles. The van der Waals surface area contributed by atoms with E-state index in [4.69, 9.17) is 10.2 Å². The summed E-state index contributed by atoms with van der Waals surface area (Å²) >= 11 is 0. The molecule has 0 aliphatic heterocycles. The quantitative estimate of drug-likeness (QED) is 0.736. The first-order valence-electron chi connectivity index (χ1n) is 5.41. The summed E-state index contributed by atoms with van der Waals surface area (Å²) in [5.41, 5.74) is 0.643. The van der Waals surface area contributed by atoms with Crippen molar-refractivity contribution in [1.82, 2.24) is 5.16 Å². The monoisotopic (exact) mass is 297 g/mol. The maximum absolute atomic E-state index is 11.2. The molecule has 0 unspecified atom stereocenters. The van der Waals surface area contributed by atoms with Crippen molar-refractivity contribution in [3.63, 3.8) is 0 Å². The molecule has 0 atom stereocenters. The van der Waals surface area contributed by atoms with E-state index in [1.165, 1.54) is 18.4 Å². The predicted molar refractivity (Wildman–Crippen MR) is 68.6 cm³/mol. The smallest absolute Gasteiger partial charge is 0.337 e. The zero-order valence-corrected chi connectivity index (χ0v) is 10.9. The second-order valence-corrected chi connectivity index (χ2v) is 5.46. The molecule has 0 aliphatic carbocycles. The van der Waals surface area contributed by atoms with E-state index in [-0.39, 0.29) is 22.7 Å². The molecule has 106 valence electrons. The van der Waals surface area contributed by atoms with E-state index in [9.17, 15) is 13.2 Å². The van der Waals surface area contributed by atoms with Crippen LogP contribution in [-0.2, 0) is 16.6 Å². The van der Waals surface area contributed by atoms with Crippen LogP contribution in [0.5, 0.6) is 0 Å². The number of primary sulfonamides is 1. The second kappa shape index (κ2) is 5.31. The van der Waals surface area contributed by atoms with Gasteiger partial charge in [-0.25, -0.2) is 18.4 Å². The maximum atomic E-state index is 11.2. The number of aromatic carboxylic acids is 1. The van der Waals surface area contributed by atoms with Crippen LogP contribution in [0.15, 0.2) is 39.9 Å². The number of anilines is 1. The van der Waals surface area contributed by atoms with Gasteiger partial charge in [0.05, 0.1) is 17.0 Å². The maximum Gasteiger partial charge on any atom is 0.337 e. The fraction of sp³-hybridized carbons (Fsp3) is 0.0909. The average Bonchev–Trinajstić information content (AvgIpc) is 2.88. The van der Waals surface area contributed by atoms with Crippen LogP contribution in [-0.4, -0.2) is 24.7 Å². The normalized spacial score (nSPS) is 11.2. The fourth-order valence-electron chi connectivity index (χ4n) is 1.55. The van der Waals surface area contributed by atoms with Crippen molar-refractivity contribution in [3.05, 3.63) is 41.8 Å². The van der Waals surface area contributed by atoms with E-state index in [1.54, 1.807) is 6.07 Å². The van der Waals surface area contributed by atoms with Crippen LogP contribution in [0.25, 0.3) is 0 Å². The van der Waals surface area contributed by atoms with E-state index in [0.29, 0.717) is 5.69 Å². The molecule has 2 rings (SSSR count). The lowest BCUT2D eigenvalue weighted by Crippen LogP contribution is -2.14. The van der Waals surface area contributed by atoms with Gasteiger partial charge in [0.25, 0.3) is 0 Å². The van der Waals surface area contributed by atoms with Gasteiger partial charge in [0.1, 0.15) is 12.0 Å². The van der Waals surface area contributed by atoms with Gasteiger partial charge in [-0.3, -0.25) is 0 Å². The molecular weight excluding hydrogens is 286 g/mol. The van der Waals surface area contributed by atoms with E-state index < -0.39 is 16.0 Å². The largest absolute Gasteiger partial charge is 0.478 e. The van der Waals surface area contributed by atoms with Gasteiger partial charge in [0.15, 0.2) is 0 Å². The molecule has 0 amide bonds. The number of hydrogen-bond donors (Lipinski definition) is 3. The number of nitrogens with one attached hydrogen (secondary N) is 1. The lowest BCUT2D eigenvalue weighted by Gasteiger charge is -2.09. The van der Waals surface area contributed by atoms with Crippen LogP contribution in [0.3, 0.4) is 0 Å². The van der Waals surface area contributed by atoms with Crippen LogP contribution < -0.4 is 10.5 Å². The summed E-state index contributed by atoms with van der Waals surface area (Å²) in [5.74, 6) is -1.27. The summed E-state index contributed by atoms with van der Waals surface area (Å²) in [6.07, 6.45) is 1.39. The molecule has 4 N–H and O–H groups in total. The molecule has 0 bridgehead atoms. The van der Waals surface area contributed by atoms with Crippen LogP contribution in [0.2, 0.25) is 0 Å².